The van der Waals surface area contributed by atoms with Gasteiger partial charge in [-0.3, -0.25) is 14.0 Å². The largest absolute Gasteiger partial charge is 0.268 e. The number of fused-ring (bicyclic) bond motifs is 1. The second kappa shape index (κ2) is 4.00. The predicted molar refractivity (Wildman–Crippen MR) is 52.4 cm³/mol. The number of carbonyl (C=O) groups excluding carboxylic acids is 2. The van der Waals surface area contributed by atoms with Gasteiger partial charge in [0.15, 0.2) is 6.30 Å². The first-order valence-corrected chi connectivity index (χ1v) is 4.83. The van der Waals surface area contributed by atoms with Crippen LogP contribution in [0.2, 0.25) is 0 Å². The van der Waals surface area contributed by atoms with Gasteiger partial charge in [0.1, 0.15) is 0 Å². The molecule has 1 aromatic rings. The molecule has 1 atom stereocenters. The summed E-state index contributed by atoms with van der Waals surface area (Å²) in [4.78, 5) is 23.8. The van der Waals surface area contributed by atoms with Gasteiger partial charge in [0.2, 0.25) is 0 Å². The summed E-state index contributed by atoms with van der Waals surface area (Å²) in [6.07, 6.45) is -2.37. The topological polar surface area (TPSA) is 37.4 Å². The Hall–Kier alpha value is -1.78. The molecule has 1 heterocycles. The normalized spacial score (nSPS) is 16.5. The molecule has 0 aliphatic carbocycles. The molecule has 0 spiro atoms. The number of carbonyl (C=O) groups is 2. The van der Waals surface area contributed by atoms with Crippen LogP contribution in [0.25, 0.3) is 0 Å². The lowest BCUT2D eigenvalue weighted by Gasteiger charge is -2.17. The van der Waals surface area contributed by atoms with Gasteiger partial charge in [-0.25, -0.2) is 9.29 Å². The molecule has 0 saturated carbocycles. The Labute approximate surface area is 90.7 Å². The van der Waals surface area contributed by atoms with Crippen molar-refractivity contribution in [3.8, 4) is 0 Å². The number of halogens is 2. The Morgan fingerprint density at radius 3 is 2.06 bits per heavy atom. The van der Waals surface area contributed by atoms with Crippen LogP contribution >= 0.6 is 0 Å². The van der Waals surface area contributed by atoms with E-state index in [0.29, 0.717) is 4.90 Å². The Morgan fingerprint density at radius 1 is 1.12 bits per heavy atom. The van der Waals surface area contributed by atoms with Crippen LogP contribution in [0.5, 0.6) is 0 Å². The van der Waals surface area contributed by atoms with Crippen molar-refractivity contribution in [1.29, 1.82) is 0 Å². The summed E-state index contributed by atoms with van der Waals surface area (Å²) in [6.45, 7) is -0.908. The Bertz CT molecular complexity index is 412. The highest BCUT2D eigenvalue weighted by Gasteiger charge is 2.39. The third-order valence-electron chi connectivity index (χ3n) is 2.45. The van der Waals surface area contributed by atoms with Gasteiger partial charge in [-0.05, 0) is 12.1 Å². The molecule has 0 bridgehead atoms. The molecule has 2 amide bonds. The van der Waals surface area contributed by atoms with E-state index in [1.807, 2.05) is 0 Å². The number of rotatable bonds is 3. The van der Waals surface area contributed by atoms with Gasteiger partial charge in [0.25, 0.3) is 11.8 Å². The van der Waals surface area contributed by atoms with E-state index in [9.17, 15) is 18.4 Å². The van der Waals surface area contributed by atoms with E-state index in [4.69, 9.17) is 0 Å². The number of amides is 2. The molecule has 1 aliphatic rings. The zero-order valence-corrected chi connectivity index (χ0v) is 8.32. The van der Waals surface area contributed by atoms with Crippen LogP contribution in [0, 0.1) is 0 Å². The highest BCUT2D eigenvalue weighted by Crippen LogP contribution is 2.25. The molecule has 1 unspecified atom stereocenters. The molecule has 5 heteroatoms. The third kappa shape index (κ3) is 1.48. The van der Waals surface area contributed by atoms with Crippen LogP contribution in [0.15, 0.2) is 24.3 Å². The summed E-state index contributed by atoms with van der Waals surface area (Å²) in [5.41, 5.74) is 0.350. The number of hydrogen-bond donors (Lipinski definition) is 0. The van der Waals surface area contributed by atoms with Crippen molar-refractivity contribution in [2.45, 2.75) is 12.7 Å². The first kappa shape index (κ1) is 10.7. The number of nitrogens with zero attached hydrogens (tertiary/aromatic N) is 1. The van der Waals surface area contributed by atoms with Crippen molar-refractivity contribution in [3.05, 3.63) is 35.4 Å². The molecular formula is C11H9F2NO2. The summed E-state index contributed by atoms with van der Waals surface area (Å²) in [5.74, 6) is -1.39. The van der Waals surface area contributed by atoms with Crippen LogP contribution < -0.4 is 0 Å². The van der Waals surface area contributed by atoms with Crippen LogP contribution in [-0.2, 0) is 0 Å². The van der Waals surface area contributed by atoms with Gasteiger partial charge in [-0.1, -0.05) is 12.1 Å². The molecule has 2 rings (SSSR count). The second-order valence-electron chi connectivity index (χ2n) is 3.44. The second-order valence-corrected chi connectivity index (χ2v) is 3.44. The van der Waals surface area contributed by atoms with Crippen LogP contribution in [-0.4, -0.2) is 29.7 Å². The van der Waals surface area contributed by atoms with Crippen molar-refractivity contribution in [3.63, 3.8) is 0 Å². The minimum atomic E-state index is -1.89. The number of imide groups is 1. The summed E-state index contributed by atoms with van der Waals surface area (Å²) in [6, 6.07) is 6.10. The fourth-order valence-corrected chi connectivity index (χ4v) is 1.68. The van der Waals surface area contributed by atoms with E-state index in [-0.39, 0.29) is 11.1 Å². The van der Waals surface area contributed by atoms with Crippen LogP contribution in [0.4, 0.5) is 8.78 Å². The lowest BCUT2D eigenvalue weighted by molar-refractivity contribution is 0.0388. The molecular weight excluding hydrogens is 216 g/mol. The monoisotopic (exact) mass is 225 g/mol. The molecule has 3 nitrogen and oxygen atoms in total. The fourth-order valence-electron chi connectivity index (χ4n) is 1.68. The number of alkyl halides is 2. The highest BCUT2D eigenvalue weighted by molar-refractivity contribution is 6.21. The van der Waals surface area contributed by atoms with E-state index in [1.54, 1.807) is 12.1 Å². The predicted octanol–water partition coefficient (Wildman–Crippen LogP) is 1.94. The fraction of sp³-hybridized carbons (Fsp3) is 0.273. The average Bonchev–Trinajstić information content (AvgIpc) is 2.53. The van der Waals surface area contributed by atoms with Crippen LogP contribution in [0.1, 0.15) is 27.1 Å². The van der Waals surface area contributed by atoms with Gasteiger partial charge in [-0.2, -0.15) is 0 Å². The van der Waals surface area contributed by atoms with Gasteiger partial charge in [-0.15, -0.1) is 0 Å². The molecule has 0 saturated heterocycles. The van der Waals surface area contributed by atoms with Crippen molar-refractivity contribution >= 4 is 11.8 Å². The zero-order chi connectivity index (χ0) is 11.7. The van der Waals surface area contributed by atoms with E-state index in [0.717, 1.165) is 0 Å². The smallest absolute Gasteiger partial charge is 0.263 e. The maximum absolute atomic E-state index is 13.4. The quantitative estimate of drug-likeness (QED) is 0.582. The Kier molecular flexibility index (Phi) is 2.68. The van der Waals surface area contributed by atoms with Crippen molar-refractivity contribution in [2.24, 2.45) is 0 Å². The minimum Gasteiger partial charge on any atom is -0.268 e. The van der Waals surface area contributed by atoms with E-state index in [2.05, 4.69) is 0 Å². The van der Waals surface area contributed by atoms with E-state index in [1.165, 1.54) is 12.1 Å². The summed E-state index contributed by atoms with van der Waals surface area (Å²) < 4.78 is 25.4. The first-order chi connectivity index (χ1) is 7.66. The van der Waals surface area contributed by atoms with Gasteiger partial charge in [0, 0.05) is 6.42 Å². The summed E-state index contributed by atoms with van der Waals surface area (Å²) >= 11 is 0. The van der Waals surface area contributed by atoms with Gasteiger partial charge in [0.05, 0.1) is 17.8 Å². The summed E-state index contributed by atoms with van der Waals surface area (Å²) in [7, 11) is 0. The number of hydrogen-bond acceptors (Lipinski definition) is 2. The first-order valence-electron chi connectivity index (χ1n) is 4.83. The SMILES string of the molecule is O=C1c2ccccc2C(=O)N1C(F)CCF. The lowest BCUT2D eigenvalue weighted by atomic mass is 10.1. The van der Waals surface area contributed by atoms with Crippen LogP contribution in [0.3, 0.4) is 0 Å². The molecule has 0 N–H and O–H groups in total. The molecule has 84 valence electrons. The van der Waals surface area contributed by atoms with Gasteiger partial charge >= 0.3 is 0 Å². The molecule has 0 radical (unpaired) electrons. The minimum absolute atomic E-state index is 0.175. The molecule has 1 aromatic carbocycles. The number of benzene rings is 1. The van der Waals surface area contributed by atoms with E-state index < -0.39 is 31.2 Å². The molecule has 0 aromatic heterocycles. The zero-order valence-electron chi connectivity index (χ0n) is 8.32. The molecule has 0 fully saturated rings. The highest BCUT2D eigenvalue weighted by atomic mass is 19.1. The molecule has 1 aliphatic heterocycles. The van der Waals surface area contributed by atoms with Crippen molar-refractivity contribution < 1.29 is 18.4 Å². The molecule has 16 heavy (non-hydrogen) atoms. The Balaban J connectivity index is 2.35. The maximum Gasteiger partial charge on any atom is 0.263 e. The van der Waals surface area contributed by atoms with Gasteiger partial charge < -0.3 is 0 Å². The van der Waals surface area contributed by atoms with E-state index >= 15 is 0 Å². The standard InChI is InChI=1S/C11H9F2NO2/c12-6-5-9(13)14-10(15)7-3-1-2-4-8(7)11(14)16/h1-4,9H,5-6H2. The van der Waals surface area contributed by atoms with Crippen molar-refractivity contribution in [2.75, 3.05) is 6.67 Å². The third-order valence-corrected chi connectivity index (χ3v) is 2.45. The van der Waals surface area contributed by atoms with Crippen molar-refractivity contribution in [1.82, 2.24) is 4.90 Å². The average molecular weight is 225 g/mol. The summed E-state index contributed by atoms with van der Waals surface area (Å²) in [5, 5.41) is 0. The Morgan fingerprint density at radius 2 is 1.62 bits per heavy atom. The maximum atomic E-state index is 13.4. The lowest BCUT2D eigenvalue weighted by Crippen LogP contribution is -2.37.